The Bertz CT molecular complexity index is 179. The highest BCUT2D eigenvalue weighted by Crippen LogP contribution is 2.06. The van der Waals surface area contributed by atoms with E-state index >= 15 is 0 Å². The van der Waals surface area contributed by atoms with Crippen molar-refractivity contribution >= 4 is 5.91 Å². The van der Waals surface area contributed by atoms with Crippen LogP contribution < -0.4 is 10.6 Å². The summed E-state index contributed by atoms with van der Waals surface area (Å²) in [5, 5.41) is 6.08. The monoisotopic (exact) mass is 200 g/mol. The molecule has 0 aromatic rings. The molecule has 1 saturated heterocycles. The van der Waals surface area contributed by atoms with E-state index in [9.17, 15) is 4.79 Å². The number of hydrogen-bond acceptors (Lipinski definition) is 3. The lowest BCUT2D eigenvalue weighted by Gasteiger charge is -2.23. The van der Waals surface area contributed by atoms with Crippen LogP contribution in [-0.4, -0.2) is 38.3 Å². The zero-order valence-corrected chi connectivity index (χ0v) is 9.01. The first-order valence-electron chi connectivity index (χ1n) is 5.28. The molecule has 1 aliphatic rings. The molecule has 0 aliphatic carbocycles. The van der Waals surface area contributed by atoms with Gasteiger partial charge in [-0.2, -0.15) is 0 Å². The molecule has 1 aliphatic heterocycles. The normalized spacial score (nSPS) is 24.3. The molecule has 1 heterocycles. The van der Waals surface area contributed by atoms with Crippen LogP contribution in [0, 0.1) is 0 Å². The molecule has 0 radical (unpaired) electrons. The second-order valence-electron chi connectivity index (χ2n) is 3.79. The highest BCUT2D eigenvalue weighted by molar-refractivity contribution is 5.81. The summed E-state index contributed by atoms with van der Waals surface area (Å²) in [4.78, 5) is 11.6. The number of nitrogens with one attached hydrogen (secondary N) is 2. The number of carbonyl (C=O) groups excluding carboxylic acids is 1. The molecular formula is C10H20N2O2. The smallest absolute Gasteiger partial charge is 0.237 e. The SMILES string of the molecule is COC(C)CNC(=O)[C@@H]1CCCCN1. The number of methoxy groups -OCH3 is 1. The van der Waals surface area contributed by atoms with E-state index in [0.29, 0.717) is 6.54 Å². The lowest BCUT2D eigenvalue weighted by molar-refractivity contribution is -0.124. The van der Waals surface area contributed by atoms with Crippen molar-refractivity contribution in [3.05, 3.63) is 0 Å². The molecule has 2 N–H and O–H groups in total. The molecule has 0 spiro atoms. The van der Waals surface area contributed by atoms with Crippen molar-refractivity contribution in [2.75, 3.05) is 20.2 Å². The van der Waals surface area contributed by atoms with Gasteiger partial charge in [0.25, 0.3) is 0 Å². The largest absolute Gasteiger partial charge is 0.380 e. The van der Waals surface area contributed by atoms with E-state index in [0.717, 1.165) is 19.4 Å². The van der Waals surface area contributed by atoms with Crippen LogP contribution in [0.25, 0.3) is 0 Å². The minimum absolute atomic E-state index is 0.00723. The van der Waals surface area contributed by atoms with Crippen molar-refractivity contribution in [3.63, 3.8) is 0 Å². The van der Waals surface area contributed by atoms with E-state index in [-0.39, 0.29) is 18.1 Å². The number of ether oxygens (including phenoxy) is 1. The van der Waals surface area contributed by atoms with Gasteiger partial charge in [-0.05, 0) is 26.3 Å². The molecule has 4 heteroatoms. The van der Waals surface area contributed by atoms with Crippen LogP contribution in [0.15, 0.2) is 0 Å². The van der Waals surface area contributed by atoms with Crippen LogP contribution in [0.4, 0.5) is 0 Å². The zero-order valence-electron chi connectivity index (χ0n) is 9.01. The Morgan fingerprint density at radius 2 is 2.43 bits per heavy atom. The van der Waals surface area contributed by atoms with E-state index in [1.54, 1.807) is 7.11 Å². The van der Waals surface area contributed by atoms with Crippen molar-refractivity contribution in [1.29, 1.82) is 0 Å². The number of rotatable bonds is 4. The van der Waals surface area contributed by atoms with Crippen LogP contribution >= 0.6 is 0 Å². The van der Waals surface area contributed by atoms with E-state index in [4.69, 9.17) is 4.74 Å². The maximum absolute atomic E-state index is 11.6. The molecule has 0 bridgehead atoms. The van der Waals surface area contributed by atoms with E-state index < -0.39 is 0 Å². The Balaban J connectivity index is 2.19. The summed E-state index contributed by atoms with van der Waals surface area (Å²) in [6.45, 7) is 3.49. The molecule has 4 nitrogen and oxygen atoms in total. The molecule has 1 fully saturated rings. The second-order valence-corrected chi connectivity index (χ2v) is 3.79. The lowest BCUT2D eigenvalue weighted by atomic mass is 10.0. The molecule has 82 valence electrons. The third-order valence-corrected chi connectivity index (χ3v) is 2.59. The van der Waals surface area contributed by atoms with Gasteiger partial charge in [0.2, 0.25) is 5.91 Å². The zero-order chi connectivity index (χ0) is 10.4. The number of hydrogen-bond donors (Lipinski definition) is 2. The molecule has 0 saturated carbocycles. The Kier molecular flexibility index (Phi) is 4.90. The highest BCUT2D eigenvalue weighted by atomic mass is 16.5. The van der Waals surface area contributed by atoms with Gasteiger partial charge in [0.05, 0.1) is 12.1 Å². The Hall–Kier alpha value is -0.610. The molecule has 14 heavy (non-hydrogen) atoms. The highest BCUT2D eigenvalue weighted by Gasteiger charge is 2.20. The quantitative estimate of drug-likeness (QED) is 0.685. The minimum atomic E-state index is 0.00723. The Morgan fingerprint density at radius 3 is 3.00 bits per heavy atom. The Labute approximate surface area is 85.4 Å². The summed E-state index contributed by atoms with van der Waals surface area (Å²) in [6.07, 6.45) is 3.36. The van der Waals surface area contributed by atoms with E-state index in [2.05, 4.69) is 10.6 Å². The average molecular weight is 200 g/mol. The molecule has 1 rings (SSSR count). The summed E-state index contributed by atoms with van der Waals surface area (Å²) < 4.78 is 5.05. The summed E-state index contributed by atoms with van der Waals surface area (Å²) in [5.41, 5.74) is 0. The maximum atomic E-state index is 11.6. The van der Waals surface area contributed by atoms with Gasteiger partial charge in [-0.3, -0.25) is 4.79 Å². The van der Waals surface area contributed by atoms with E-state index in [1.807, 2.05) is 6.92 Å². The first kappa shape index (κ1) is 11.5. The van der Waals surface area contributed by atoms with Gasteiger partial charge in [0, 0.05) is 13.7 Å². The summed E-state index contributed by atoms with van der Waals surface area (Å²) in [5.74, 6) is 0.105. The Morgan fingerprint density at radius 1 is 1.64 bits per heavy atom. The van der Waals surface area contributed by atoms with Crippen molar-refractivity contribution < 1.29 is 9.53 Å². The fraction of sp³-hybridized carbons (Fsp3) is 0.900. The first-order chi connectivity index (χ1) is 6.74. The fourth-order valence-corrected chi connectivity index (χ4v) is 1.53. The average Bonchev–Trinajstić information content (AvgIpc) is 2.26. The van der Waals surface area contributed by atoms with Crippen LogP contribution in [0.1, 0.15) is 26.2 Å². The third kappa shape index (κ3) is 3.64. The number of amides is 1. The van der Waals surface area contributed by atoms with Crippen molar-refractivity contribution in [1.82, 2.24) is 10.6 Å². The minimum Gasteiger partial charge on any atom is -0.380 e. The fourth-order valence-electron chi connectivity index (χ4n) is 1.53. The van der Waals surface area contributed by atoms with Gasteiger partial charge in [-0.1, -0.05) is 6.42 Å². The van der Waals surface area contributed by atoms with Crippen molar-refractivity contribution in [3.8, 4) is 0 Å². The van der Waals surface area contributed by atoms with Crippen LogP contribution in [-0.2, 0) is 9.53 Å². The standard InChI is InChI=1S/C10H20N2O2/c1-8(14-2)7-12-10(13)9-5-3-4-6-11-9/h8-9,11H,3-7H2,1-2H3,(H,12,13)/t8?,9-/m0/s1. The molecule has 0 aromatic carbocycles. The van der Waals surface area contributed by atoms with Gasteiger partial charge in [0.15, 0.2) is 0 Å². The third-order valence-electron chi connectivity index (χ3n) is 2.59. The topological polar surface area (TPSA) is 50.4 Å². The van der Waals surface area contributed by atoms with Crippen LogP contribution in [0.3, 0.4) is 0 Å². The van der Waals surface area contributed by atoms with Crippen LogP contribution in [0.5, 0.6) is 0 Å². The van der Waals surface area contributed by atoms with Crippen molar-refractivity contribution in [2.24, 2.45) is 0 Å². The maximum Gasteiger partial charge on any atom is 0.237 e. The lowest BCUT2D eigenvalue weighted by Crippen LogP contribution is -2.48. The van der Waals surface area contributed by atoms with Gasteiger partial charge in [0.1, 0.15) is 0 Å². The van der Waals surface area contributed by atoms with Gasteiger partial charge in [-0.15, -0.1) is 0 Å². The number of carbonyl (C=O) groups is 1. The first-order valence-corrected chi connectivity index (χ1v) is 5.28. The predicted octanol–water partition coefficient (Wildman–Crippen LogP) is 0.280. The molecule has 1 unspecified atom stereocenters. The van der Waals surface area contributed by atoms with Gasteiger partial charge in [-0.25, -0.2) is 0 Å². The summed E-state index contributed by atoms with van der Waals surface area (Å²) >= 11 is 0. The molecule has 2 atom stereocenters. The molecule has 1 amide bonds. The van der Waals surface area contributed by atoms with Crippen molar-refractivity contribution in [2.45, 2.75) is 38.3 Å². The van der Waals surface area contributed by atoms with Gasteiger partial charge < -0.3 is 15.4 Å². The molecular weight excluding hydrogens is 180 g/mol. The predicted molar refractivity (Wildman–Crippen MR) is 55.1 cm³/mol. The van der Waals surface area contributed by atoms with E-state index in [1.165, 1.54) is 6.42 Å². The number of piperidine rings is 1. The summed E-state index contributed by atoms with van der Waals surface area (Å²) in [7, 11) is 1.65. The second kappa shape index (κ2) is 5.98. The molecule has 0 aromatic heterocycles. The van der Waals surface area contributed by atoms with Gasteiger partial charge >= 0.3 is 0 Å². The van der Waals surface area contributed by atoms with Crippen LogP contribution in [0.2, 0.25) is 0 Å². The summed E-state index contributed by atoms with van der Waals surface area (Å²) in [6, 6.07) is 0.00723.